The van der Waals surface area contributed by atoms with E-state index in [9.17, 15) is 19.2 Å². The number of esters is 1. The molecule has 2 atom stereocenters. The van der Waals surface area contributed by atoms with Crippen LogP contribution in [0.4, 0.5) is 4.79 Å². The SMILES string of the molecule is CCCCN(C(=O)C[C@@H](CC(=O)OCC)c1ccccc1)C(CC(C)C)C(=O)NC(=O)OCC. The second-order valence-electron chi connectivity index (χ2n) is 8.62. The van der Waals surface area contributed by atoms with Crippen LogP contribution in [0.3, 0.4) is 0 Å². The first-order chi connectivity index (χ1) is 16.2. The average molecular weight is 477 g/mol. The van der Waals surface area contributed by atoms with Gasteiger partial charge in [0.15, 0.2) is 0 Å². The van der Waals surface area contributed by atoms with E-state index in [1.807, 2.05) is 51.1 Å². The number of nitrogens with zero attached hydrogens (tertiary/aromatic N) is 1. The smallest absolute Gasteiger partial charge is 0.413 e. The lowest BCUT2D eigenvalue weighted by Gasteiger charge is -2.33. The standard InChI is InChI=1S/C26H40N2O6/c1-6-9-15-28(22(16-19(4)5)25(31)27-26(32)34-8-3)23(29)17-21(18-24(30)33-7-2)20-13-11-10-12-14-20/h10-14,19,21-22H,6-9,15-18H2,1-5H3,(H,27,31,32)/t21-,22?/m0/s1. The zero-order chi connectivity index (χ0) is 25.5. The van der Waals surface area contributed by atoms with Gasteiger partial charge in [0.1, 0.15) is 6.04 Å². The summed E-state index contributed by atoms with van der Waals surface area (Å²) in [5, 5.41) is 2.26. The van der Waals surface area contributed by atoms with Gasteiger partial charge in [-0.05, 0) is 38.2 Å². The lowest BCUT2D eigenvalue weighted by atomic mass is 9.91. The molecule has 1 aromatic rings. The number of carbonyl (C=O) groups is 4. The first kappa shape index (κ1) is 29.1. The topological polar surface area (TPSA) is 102 Å². The number of carbonyl (C=O) groups excluding carboxylic acids is 4. The fourth-order valence-electron chi connectivity index (χ4n) is 3.74. The minimum Gasteiger partial charge on any atom is -0.466 e. The van der Waals surface area contributed by atoms with Crippen molar-refractivity contribution >= 4 is 23.9 Å². The van der Waals surface area contributed by atoms with Crippen molar-refractivity contribution in [2.45, 2.75) is 78.7 Å². The minimum atomic E-state index is -0.825. The van der Waals surface area contributed by atoms with Crippen LogP contribution in [0.1, 0.15) is 78.2 Å². The van der Waals surface area contributed by atoms with Gasteiger partial charge in [0.2, 0.25) is 5.91 Å². The normalized spacial score (nSPS) is 12.5. The zero-order valence-electron chi connectivity index (χ0n) is 21.2. The molecule has 0 aliphatic carbocycles. The van der Waals surface area contributed by atoms with Crippen LogP contribution in [0.25, 0.3) is 0 Å². The Bertz CT molecular complexity index is 781. The van der Waals surface area contributed by atoms with Gasteiger partial charge in [-0.15, -0.1) is 0 Å². The molecule has 1 aromatic carbocycles. The number of benzene rings is 1. The summed E-state index contributed by atoms with van der Waals surface area (Å²) in [4.78, 5) is 52.3. The van der Waals surface area contributed by atoms with Gasteiger partial charge in [-0.1, -0.05) is 57.5 Å². The van der Waals surface area contributed by atoms with Crippen LogP contribution in [-0.2, 0) is 23.9 Å². The van der Waals surface area contributed by atoms with E-state index >= 15 is 0 Å². The number of ether oxygens (including phenoxy) is 2. The Morgan fingerprint density at radius 2 is 1.59 bits per heavy atom. The third kappa shape index (κ3) is 10.4. The van der Waals surface area contributed by atoms with E-state index in [0.29, 0.717) is 19.4 Å². The molecule has 1 N–H and O–H groups in total. The molecular weight excluding hydrogens is 436 g/mol. The molecule has 0 saturated carbocycles. The van der Waals surface area contributed by atoms with Crippen molar-refractivity contribution in [1.82, 2.24) is 10.2 Å². The van der Waals surface area contributed by atoms with Crippen molar-refractivity contribution in [3.05, 3.63) is 35.9 Å². The summed E-state index contributed by atoms with van der Waals surface area (Å²) in [6.45, 7) is 10.1. The summed E-state index contributed by atoms with van der Waals surface area (Å²) in [6.07, 6.45) is 1.23. The van der Waals surface area contributed by atoms with Crippen molar-refractivity contribution in [2.24, 2.45) is 5.92 Å². The Morgan fingerprint density at radius 1 is 0.941 bits per heavy atom. The van der Waals surface area contributed by atoms with Crippen LogP contribution in [0, 0.1) is 5.92 Å². The summed E-state index contributed by atoms with van der Waals surface area (Å²) in [6, 6.07) is 8.54. The number of hydrogen-bond donors (Lipinski definition) is 1. The molecule has 1 unspecified atom stereocenters. The van der Waals surface area contributed by atoms with Crippen LogP contribution in [-0.4, -0.2) is 54.6 Å². The summed E-state index contributed by atoms with van der Waals surface area (Å²) < 4.78 is 9.98. The minimum absolute atomic E-state index is 0.0494. The molecule has 3 amide bonds. The van der Waals surface area contributed by atoms with Gasteiger partial charge in [-0.3, -0.25) is 19.7 Å². The predicted molar refractivity (Wildman–Crippen MR) is 130 cm³/mol. The van der Waals surface area contributed by atoms with Crippen molar-refractivity contribution < 1.29 is 28.7 Å². The van der Waals surface area contributed by atoms with Crippen LogP contribution < -0.4 is 5.32 Å². The van der Waals surface area contributed by atoms with E-state index in [1.54, 1.807) is 18.7 Å². The zero-order valence-corrected chi connectivity index (χ0v) is 21.2. The first-order valence-electron chi connectivity index (χ1n) is 12.2. The molecule has 0 spiro atoms. The number of hydrogen-bond acceptors (Lipinski definition) is 6. The van der Waals surface area contributed by atoms with Crippen LogP contribution in [0.15, 0.2) is 30.3 Å². The van der Waals surface area contributed by atoms with E-state index in [-0.39, 0.29) is 49.8 Å². The largest absolute Gasteiger partial charge is 0.466 e. The average Bonchev–Trinajstić information content (AvgIpc) is 2.78. The van der Waals surface area contributed by atoms with Gasteiger partial charge in [0.25, 0.3) is 5.91 Å². The molecule has 1 rings (SSSR count). The molecule has 0 heterocycles. The molecular formula is C26H40N2O6. The number of imide groups is 1. The molecule has 0 radical (unpaired) electrons. The Hall–Kier alpha value is -2.90. The van der Waals surface area contributed by atoms with Gasteiger partial charge >= 0.3 is 12.1 Å². The maximum atomic E-state index is 13.6. The number of nitrogens with one attached hydrogen (secondary N) is 1. The molecule has 0 aliphatic rings. The molecule has 34 heavy (non-hydrogen) atoms. The van der Waals surface area contributed by atoms with Crippen molar-refractivity contribution in [1.29, 1.82) is 0 Å². The number of rotatable bonds is 14. The molecule has 190 valence electrons. The fraction of sp³-hybridized carbons (Fsp3) is 0.615. The first-order valence-corrected chi connectivity index (χ1v) is 12.2. The summed E-state index contributed by atoms with van der Waals surface area (Å²) in [7, 11) is 0. The van der Waals surface area contributed by atoms with Crippen LogP contribution >= 0.6 is 0 Å². The lowest BCUT2D eigenvalue weighted by molar-refractivity contribution is -0.145. The predicted octanol–water partition coefficient (Wildman–Crippen LogP) is 4.43. The van der Waals surface area contributed by atoms with Crippen LogP contribution in [0.5, 0.6) is 0 Å². The highest BCUT2D eigenvalue weighted by Crippen LogP contribution is 2.26. The Morgan fingerprint density at radius 3 is 2.15 bits per heavy atom. The third-order valence-corrected chi connectivity index (χ3v) is 5.36. The maximum absolute atomic E-state index is 13.6. The van der Waals surface area contributed by atoms with Crippen LogP contribution in [0.2, 0.25) is 0 Å². The third-order valence-electron chi connectivity index (χ3n) is 5.36. The lowest BCUT2D eigenvalue weighted by Crippen LogP contribution is -2.52. The second-order valence-corrected chi connectivity index (χ2v) is 8.62. The van der Waals surface area contributed by atoms with E-state index < -0.39 is 18.0 Å². The molecule has 0 saturated heterocycles. The fourth-order valence-corrected chi connectivity index (χ4v) is 3.74. The number of amides is 3. The van der Waals surface area contributed by atoms with Gasteiger partial charge in [-0.2, -0.15) is 0 Å². The maximum Gasteiger partial charge on any atom is 0.413 e. The Kier molecular flexibility index (Phi) is 13.6. The van der Waals surface area contributed by atoms with Crippen molar-refractivity contribution in [2.75, 3.05) is 19.8 Å². The van der Waals surface area contributed by atoms with E-state index in [2.05, 4.69) is 5.32 Å². The van der Waals surface area contributed by atoms with Gasteiger partial charge in [0, 0.05) is 18.9 Å². The highest BCUT2D eigenvalue weighted by molar-refractivity contribution is 5.97. The highest BCUT2D eigenvalue weighted by atomic mass is 16.5. The Labute approximate surface area is 203 Å². The summed E-state index contributed by atoms with van der Waals surface area (Å²) >= 11 is 0. The summed E-state index contributed by atoms with van der Waals surface area (Å²) in [5.41, 5.74) is 0.857. The monoisotopic (exact) mass is 476 g/mol. The second kappa shape index (κ2) is 15.9. The molecule has 0 bridgehead atoms. The quantitative estimate of drug-likeness (QED) is 0.399. The molecule has 0 aromatic heterocycles. The summed E-state index contributed by atoms with van der Waals surface area (Å²) in [5.74, 6) is -1.44. The highest BCUT2D eigenvalue weighted by Gasteiger charge is 2.33. The molecule has 8 nitrogen and oxygen atoms in total. The van der Waals surface area contributed by atoms with E-state index in [0.717, 1.165) is 12.0 Å². The number of alkyl carbamates (subject to hydrolysis) is 1. The number of unbranched alkanes of at least 4 members (excludes halogenated alkanes) is 1. The van der Waals surface area contributed by atoms with Crippen molar-refractivity contribution in [3.8, 4) is 0 Å². The van der Waals surface area contributed by atoms with Gasteiger partial charge in [-0.25, -0.2) is 4.79 Å². The molecule has 0 fully saturated rings. The molecule has 8 heteroatoms. The molecule has 0 aliphatic heterocycles. The van der Waals surface area contributed by atoms with Gasteiger partial charge < -0.3 is 14.4 Å². The Balaban J connectivity index is 3.20. The van der Waals surface area contributed by atoms with Gasteiger partial charge in [0.05, 0.1) is 19.6 Å². The van der Waals surface area contributed by atoms with E-state index in [4.69, 9.17) is 9.47 Å². The van der Waals surface area contributed by atoms with Crippen molar-refractivity contribution in [3.63, 3.8) is 0 Å². The van der Waals surface area contributed by atoms with E-state index in [1.165, 1.54) is 0 Å².